The smallest absolute Gasteiger partial charge is 0.434 e. The summed E-state index contributed by atoms with van der Waals surface area (Å²) in [4.78, 5) is 31.3. The molecule has 8 nitrogen and oxygen atoms in total. The Bertz CT molecular complexity index is 1560. The van der Waals surface area contributed by atoms with Gasteiger partial charge in [0.1, 0.15) is 18.1 Å². The number of alkyl halides is 3. The molecule has 0 unspecified atom stereocenters. The van der Waals surface area contributed by atoms with Gasteiger partial charge < -0.3 is 14.4 Å². The van der Waals surface area contributed by atoms with Crippen molar-refractivity contribution < 1.29 is 37.1 Å². The quantitative estimate of drug-likeness (QED) is 0.214. The molecule has 1 aromatic carbocycles. The number of carboxylic acids is 1. The Morgan fingerprint density at radius 1 is 1.15 bits per heavy atom. The van der Waals surface area contributed by atoms with Gasteiger partial charge in [0.15, 0.2) is 11.5 Å². The number of halogens is 4. The van der Waals surface area contributed by atoms with E-state index in [2.05, 4.69) is 15.1 Å². The molecule has 40 heavy (non-hydrogen) atoms. The number of hydrogen-bond acceptors (Lipinski definition) is 7. The zero-order chi connectivity index (χ0) is 29.2. The molecule has 0 saturated carbocycles. The fourth-order valence-electron chi connectivity index (χ4n) is 4.13. The second kappa shape index (κ2) is 11.5. The van der Waals surface area contributed by atoms with Crippen LogP contribution in [0.4, 0.5) is 13.2 Å². The molecule has 3 aromatic heterocycles. The molecule has 0 spiro atoms. The van der Waals surface area contributed by atoms with E-state index in [1.165, 1.54) is 12.3 Å². The van der Waals surface area contributed by atoms with E-state index in [0.717, 1.165) is 23.9 Å². The highest BCUT2D eigenvalue weighted by Crippen LogP contribution is 2.37. The summed E-state index contributed by atoms with van der Waals surface area (Å²) in [7, 11) is 0. The van der Waals surface area contributed by atoms with Gasteiger partial charge in [-0.1, -0.05) is 42.7 Å². The number of carbonyl (C=O) groups excluding carboxylic acids is 1. The van der Waals surface area contributed by atoms with E-state index < -0.39 is 35.6 Å². The number of pyridine rings is 2. The normalized spacial score (nSPS) is 11.6. The monoisotopic (exact) mass is 573 g/mol. The first-order valence-corrected chi connectivity index (χ1v) is 12.4. The van der Waals surface area contributed by atoms with Crippen LogP contribution in [0.2, 0.25) is 5.02 Å². The van der Waals surface area contributed by atoms with E-state index >= 15 is 0 Å². The highest BCUT2D eigenvalue weighted by molar-refractivity contribution is 6.33. The van der Waals surface area contributed by atoms with Crippen molar-refractivity contribution in [3.63, 3.8) is 0 Å². The number of carboxylic acid groups (broad SMARTS) is 1. The van der Waals surface area contributed by atoms with Gasteiger partial charge in [0.05, 0.1) is 16.1 Å². The standard InChI is InChI=1S/C28H23ClF3N3O5/c1-14(2)25-19(24(35-40-25)23-15(3)5-4-6-20(23)29)13-39-22-8-7-18(26(34-22)28(30,31)32)21(36)10-16-9-17(27(37)38)12-33-11-16/h4-9,11-12,14H,10,13H2,1-3H3,(H,37,38). The number of nitrogens with zero attached hydrogens (tertiary/aromatic N) is 3. The lowest BCUT2D eigenvalue weighted by molar-refractivity contribution is -0.141. The maximum Gasteiger partial charge on any atom is 0.434 e. The molecule has 208 valence electrons. The minimum absolute atomic E-state index is 0.115. The highest BCUT2D eigenvalue weighted by Gasteiger charge is 2.38. The first kappa shape index (κ1) is 28.8. The number of ketones is 1. The summed E-state index contributed by atoms with van der Waals surface area (Å²) >= 11 is 6.42. The summed E-state index contributed by atoms with van der Waals surface area (Å²) in [5.41, 5.74) is 0.208. The Balaban J connectivity index is 1.64. The summed E-state index contributed by atoms with van der Waals surface area (Å²) in [6, 6.07) is 8.64. The van der Waals surface area contributed by atoms with Crippen molar-refractivity contribution in [3.8, 4) is 17.1 Å². The second-order valence-electron chi connectivity index (χ2n) is 9.28. The molecule has 0 saturated heterocycles. The lowest BCUT2D eigenvalue weighted by Crippen LogP contribution is -2.17. The number of aryl methyl sites for hydroxylation is 1. The fourth-order valence-corrected chi connectivity index (χ4v) is 4.45. The molecule has 12 heteroatoms. The zero-order valence-corrected chi connectivity index (χ0v) is 22.3. The van der Waals surface area contributed by atoms with Gasteiger partial charge in [-0.3, -0.25) is 9.78 Å². The minimum Gasteiger partial charge on any atom is -0.478 e. The van der Waals surface area contributed by atoms with Crippen LogP contribution in [-0.4, -0.2) is 32.0 Å². The predicted octanol–water partition coefficient (Wildman–Crippen LogP) is 6.94. The molecule has 0 bridgehead atoms. The molecule has 1 N–H and O–H groups in total. The van der Waals surface area contributed by atoms with E-state index in [1.807, 2.05) is 26.8 Å². The van der Waals surface area contributed by atoms with Gasteiger partial charge >= 0.3 is 12.1 Å². The maximum absolute atomic E-state index is 14.0. The lowest BCUT2D eigenvalue weighted by atomic mass is 9.98. The van der Waals surface area contributed by atoms with Crippen molar-refractivity contribution in [2.45, 2.75) is 45.9 Å². The first-order valence-electron chi connectivity index (χ1n) is 12.0. The molecular formula is C28H23ClF3N3O5. The van der Waals surface area contributed by atoms with Crippen LogP contribution < -0.4 is 4.74 Å². The third kappa shape index (κ3) is 6.15. The summed E-state index contributed by atoms with van der Waals surface area (Å²) < 4.78 is 53.1. The molecule has 0 aliphatic heterocycles. The third-order valence-electron chi connectivity index (χ3n) is 6.01. The fraction of sp³-hybridized carbons (Fsp3) is 0.250. The molecule has 0 fully saturated rings. The van der Waals surface area contributed by atoms with Crippen LogP contribution >= 0.6 is 11.6 Å². The van der Waals surface area contributed by atoms with E-state index in [1.54, 1.807) is 12.1 Å². The number of Topliss-reactive ketones (excluding diaryl/α,β-unsaturated/α-hetero) is 1. The van der Waals surface area contributed by atoms with Crippen molar-refractivity contribution in [1.82, 2.24) is 15.1 Å². The van der Waals surface area contributed by atoms with Crippen LogP contribution in [0.1, 0.15) is 68.6 Å². The molecule has 0 radical (unpaired) electrons. The number of aromatic carboxylic acids is 1. The van der Waals surface area contributed by atoms with Gasteiger partial charge in [-0.05, 0) is 36.2 Å². The lowest BCUT2D eigenvalue weighted by Gasteiger charge is -2.14. The van der Waals surface area contributed by atoms with Gasteiger partial charge in [-0.15, -0.1) is 0 Å². The Hall–Kier alpha value is -4.25. The van der Waals surface area contributed by atoms with E-state index in [4.69, 9.17) is 26.0 Å². The Morgan fingerprint density at radius 3 is 2.55 bits per heavy atom. The summed E-state index contributed by atoms with van der Waals surface area (Å²) in [6.45, 7) is 5.36. The Morgan fingerprint density at radius 2 is 1.90 bits per heavy atom. The third-order valence-corrected chi connectivity index (χ3v) is 6.33. The van der Waals surface area contributed by atoms with Crippen LogP contribution in [0.15, 0.2) is 53.3 Å². The van der Waals surface area contributed by atoms with Gasteiger partial charge in [-0.2, -0.15) is 13.2 Å². The topological polar surface area (TPSA) is 115 Å². The molecule has 3 heterocycles. The molecule has 0 aliphatic rings. The summed E-state index contributed by atoms with van der Waals surface area (Å²) in [5.74, 6) is -2.18. The SMILES string of the molecule is Cc1cccc(Cl)c1-c1noc(C(C)C)c1COc1ccc(C(=O)Cc2cncc(C(=O)O)c2)c(C(F)(F)F)n1. The largest absolute Gasteiger partial charge is 0.478 e. The average Bonchev–Trinajstić information content (AvgIpc) is 3.30. The van der Waals surface area contributed by atoms with Crippen LogP contribution in [0.25, 0.3) is 11.3 Å². The molecule has 0 aliphatic carbocycles. The molecule has 0 atom stereocenters. The molecule has 4 rings (SSSR count). The maximum atomic E-state index is 14.0. The zero-order valence-electron chi connectivity index (χ0n) is 21.5. The van der Waals surface area contributed by atoms with E-state index in [9.17, 15) is 22.8 Å². The van der Waals surface area contributed by atoms with Gasteiger partial charge in [0.2, 0.25) is 5.88 Å². The second-order valence-corrected chi connectivity index (χ2v) is 9.69. The number of benzene rings is 1. The number of rotatable bonds is 9. The van der Waals surface area contributed by atoms with Crippen LogP contribution in [0.3, 0.4) is 0 Å². The predicted molar refractivity (Wildman–Crippen MR) is 139 cm³/mol. The number of ether oxygens (including phenoxy) is 1. The van der Waals surface area contributed by atoms with Gasteiger partial charge in [0.25, 0.3) is 0 Å². The molecule has 4 aromatic rings. The van der Waals surface area contributed by atoms with E-state index in [0.29, 0.717) is 27.6 Å². The Labute approximate surface area is 231 Å². The molecule has 0 amide bonds. The van der Waals surface area contributed by atoms with Crippen LogP contribution in [-0.2, 0) is 19.2 Å². The van der Waals surface area contributed by atoms with Crippen molar-refractivity contribution in [1.29, 1.82) is 0 Å². The van der Waals surface area contributed by atoms with Crippen molar-refractivity contribution >= 4 is 23.4 Å². The number of carbonyl (C=O) groups is 2. The summed E-state index contributed by atoms with van der Waals surface area (Å²) in [6.07, 6.45) is -3.18. The molecular weight excluding hydrogens is 551 g/mol. The van der Waals surface area contributed by atoms with Crippen LogP contribution in [0.5, 0.6) is 5.88 Å². The Kier molecular flexibility index (Phi) is 8.24. The van der Waals surface area contributed by atoms with Gasteiger partial charge in [-0.25, -0.2) is 9.78 Å². The summed E-state index contributed by atoms with van der Waals surface area (Å²) in [5, 5.41) is 13.7. The number of aromatic nitrogens is 3. The van der Waals surface area contributed by atoms with E-state index in [-0.39, 0.29) is 29.5 Å². The highest BCUT2D eigenvalue weighted by atomic mass is 35.5. The van der Waals surface area contributed by atoms with Gasteiger partial charge in [0, 0.05) is 41.9 Å². The minimum atomic E-state index is -4.97. The average molecular weight is 574 g/mol. The first-order chi connectivity index (χ1) is 18.9. The van der Waals surface area contributed by atoms with Crippen molar-refractivity contribution in [2.75, 3.05) is 0 Å². The van der Waals surface area contributed by atoms with Crippen LogP contribution in [0, 0.1) is 6.92 Å². The van der Waals surface area contributed by atoms with Crippen molar-refractivity contribution in [2.24, 2.45) is 0 Å². The van der Waals surface area contributed by atoms with Crippen molar-refractivity contribution in [3.05, 3.63) is 93.1 Å². The number of hydrogen-bond donors (Lipinski definition) is 1.